The molecule has 2 N–H and O–H groups in total. The smallest absolute Gasteiger partial charge is 0.341 e. The van der Waals surface area contributed by atoms with Crippen molar-refractivity contribution < 1.29 is 19.1 Å². The summed E-state index contributed by atoms with van der Waals surface area (Å²) < 4.78 is 12.1. The van der Waals surface area contributed by atoms with Gasteiger partial charge in [0.25, 0.3) is 0 Å². The Morgan fingerprint density at radius 2 is 1.93 bits per heavy atom. The molecule has 3 rings (SSSR count). The number of anilines is 2. The molecule has 0 aliphatic carbocycles. The molecule has 27 heavy (non-hydrogen) atoms. The number of urea groups is 1. The van der Waals surface area contributed by atoms with Gasteiger partial charge in [-0.1, -0.05) is 12.1 Å². The summed E-state index contributed by atoms with van der Waals surface area (Å²) in [4.78, 5) is 24.3. The van der Waals surface area contributed by atoms with Crippen molar-refractivity contribution in [1.82, 2.24) is 9.61 Å². The Balaban J connectivity index is 1.77. The molecule has 140 valence electrons. The molecule has 0 atom stereocenters. The maximum atomic E-state index is 12.3. The summed E-state index contributed by atoms with van der Waals surface area (Å²) in [5, 5.41) is 9.61. The number of rotatable bonds is 6. The molecule has 2 amide bonds. The molecule has 0 saturated carbocycles. The van der Waals surface area contributed by atoms with E-state index in [0.717, 1.165) is 0 Å². The molecule has 0 radical (unpaired) electrons. The van der Waals surface area contributed by atoms with Gasteiger partial charge in [-0.05, 0) is 38.1 Å². The van der Waals surface area contributed by atoms with Crippen LogP contribution >= 0.6 is 0 Å². The average Bonchev–Trinajstić information content (AvgIpc) is 3.07. The highest BCUT2D eigenvalue weighted by Crippen LogP contribution is 2.24. The monoisotopic (exact) mass is 368 g/mol. The third-order valence-electron chi connectivity index (χ3n) is 3.71. The number of pyridine rings is 1. The third kappa shape index (κ3) is 4.17. The van der Waals surface area contributed by atoms with Crippen molar-refractivity contribution in [3.05, 3.63) is 54.4 Å². The Labute approximate surface area is 156 Å². The first-order valence-corrected chi connectivity index (χ1v) is 8.56. The van der Waals surface area contributed by atoms with Crippen LogP contribution in [0.1, 0.15) is 24.2 Å². The topological polar surface area (TPSA) is 94.0 Å². The van der Waals surface area contributed by atoms with Gasteiger partial charge in [0.05, 0.1) is 30.6 Å². The van der Waals surface area contributed by atoms with Crippen LogP contribution in [-0.4, -0.2) is 34.8 Å². The fourth-order valence-corrected chi connectivity index (χ4v) is 2.56. The van der Waals surface area contributed by atoms with Crippen molar-refractivity contribution in [1.29, 1.82) is 0 Å². The van der Waals surface area contributed by atoms with E-state index < -0.39 is 12.0 Å². The van der Waals surface area contributed by atoms with Gasteiger partial charge in [0, 0.05) is 11.9 Å². The van der Waals surface area contributed by atoms with Gasteiger partial charge >= 0.3 is 12.0 Å². The highest BCUT2D eigenvalue weighted by atomic mass is 16.5. The van der Waals surface area contributed by atoms with Crippen molar-refractivity contribution in [2.24, 2.45) is 0 Å². The fraction of sp³-hybridized carbons (Fsp3) is 0.211. The number of fused-ring (bicyclic) bond motifs is 1. The Bertz CT molecular complexity index is 967. The predicted octanol–water partition coefficient (Wildman–Crippen LogP) is 3.55. The number of para-hydroxylation sites is 2. The second-order valence-electron chi connectivity index (χ2n) is 5.53. The summed E-state index contributed by atoms with van der Waals surface area (Å²) in [6.07, 6.45) is 3.09. The number of carbonyl (C=O) groups is 2. The first-order valence-electron chi connectivity index (χ1n) is 8.56. The lowest BCUT2D eigenvalue weighted by molar-refractivity contribution is 0.0528. The van der Waals surface area contributed by atoms with Crippen molar-refractivity contribution in [3.8, 4) is 5.75 Å². The van der Waals surface area contributed by atoms with Crippen molar-refractivity contribution >= 4 is 28.9 Å². The van der Waals surface area contributed by atoms with Crippen molar-refractivity contribution in [3.63, 3.8) is 0 Å². The molecule has 0 fully saturated rings. The number of nitrogens with one attached hydrogen (secondary N) is 2. The molecule has 8 heteroatoms. The summed E-state index contributed by atoms with van der Waals surface area (Å²) in [6, 6.07) is 10.1. The summed E-state index contributed by atoms with van der Waals surface area (Å²) >= 11 is 0. The Morgan fingerprint density at radius 1 is 1.11 bits per heavy atom. The number of hydrogen-bond acceptors (Lipinski definition) is 5. The molecule has 8 nitrogen and oxygen atoms in total. The Morgan fingerprint density at radius 3 is 2.70 bits per heavy atom. The van der Waals surface area contributed by atoms with E-state index in [9.17, 15) is 9.59 Å². The van der Waals surface area contributed by atoms with E-state index in [1.165, 1.54) is 6.20 Å². The highest BCUT2D eigenvalue weighted by molar-refractivity contribution is 6.02. The zero-order valence-electron chi connectivity index (χ0n) is 15.1. The normalized spacial score (nSPS) is 10.4. The lowest BCUT2D eigenvalue weighted by atomic mass is 10.2. The minimum atomic E-state index is -0.459. The van der Waals surface area contributed by atoms with Crippen LogP contribution < -0.4 is 15.4 Å². The van der Waals surface area contributed by atoms with Gasteiger partial charge < -0.3 is 20.1 Å². The number of nitrogens with zero attached hydrogens (tertiary/aromatic N) is 2. The third-order valence-corrected chi connectivity index (χ3v) is 3.71. The molecule has 2 aromatic heterocycles. The largest absolute Gasteiger partial charge is 0.492 e. The Kier molecular flexibility index (Phi) is 5.55. The zero-order chi connectivity index (χ0) is 19.2. The van der Waals surface area contributed by atoms with Gasteiger partial charge in [-0.15, -0.1) is 0 Å². The molecule has 1 aromatic carbocycles. The van der Waals surface area contributed by atoms with Crippen LogP contribution in [0.15, 0.2) is 48.8 Å². The summed E-state index contributed by atoms with van der Waals surface area (Å²) in [6.45, 7) is 4.38. The van der Waals surface area contributed by atoms with E-state index >= 15 is 0 Å². The molecule has 0 aliphatic heterocycles. The maximum Gasteiger partial charge on any atom is 0.341 e. The molecule has 0 aliphatic rings. The summed E-state index contributed by atoms with van der Waals surface area (Å²) in [5.74, 6) is 0.130. The van der Waals surface area contributed by atoms with Crippen LogP contribution in [0.4, 0.5) is 16.2 Å². The number of hydrogen-bond donors (Lipinski definition) is 2. The molecule has 3 aromatic rings. The van der Waals surface area contributed by atoms with Crippen LogP contribution in [-0.2, 0) is 4.74 Å². The predicted molar refractivity (Wildman–Crippen MR) is 101 cm³/mol. The van der Waals surface area contributed by atoms with E-state index in [-0.39, 0.29) is 6.61 Å². The second-order valence-corrected chi connectivity index (χ2v) is 5.53. The minimum absolute atomic E-state index is 0.274. The number of amides is 2. The van der Waals surface area contributed by atoms with Gasteiger partial charge in [0.2, 0.25) is 0 Å². The Hall–Kier alpha value is -3.55. The van der Waals surface area contributed by atoms with E-state index in [2.05, 4.69) is 15.7 Å². The number of aromatic nitrogens is 2. The van der Waals surface area contributed by atoms with Crippen molar-refractivity contribution in [2.45, 2.75) is 13.8 Å². The molecule has 0 spiro atoms. The molecular weight excluding hydrogens is 348 g/mol. The highest BCUT2D eigenvalue weighted by Gasteiger charge is 2.15. The van der Waals surface area contributed by atoms with E-state index in [4.69, 9.17) is 9.47 Å². The maximum absolute atomic E-state index is 12.3. The first kappa shape index (κ1) is 18.2. The number of benzene rings is 1. The van der Waals surface area contributed by atoms with E-state index in [1.54, 1.807) is 41.9 Å². The van der Waals surface area contributed by atoms with Gasteiger partial charge in [0.15, 0.2) is 0 Å². The zero-order valence-corrected chi connectivity index (χ0v) is 15.1. The average molecular weight is 368 g/mol. The van der Waals surface area contributed by atoms with Gasteiger partial charge in [-0.3, -0.25) is 0 Å². The van der Waals surface area contributed by atoms with E-state index in [0.29, 0.717) is 34.8 Å². The van der Waals surface area contributed by atoms with Crippen LogP contribution in [0.25, 0.3) is 5.52 Å². The molecule has 0 unspecified atom stereocenters. The SMILES string of the molecule is CCOC(=O)c1cnn2ccc(NC(=O)Nc3ccccc3OCC)cc12. The lowest BCUT2D eigenvalue weighted by Crippen LogP contribution is -2.20. The number of esters is 1. The standard InChI is InChI=1S/C19H20N4O4/c1-3-26-17-8-6-5-7-15(17)22-19(25)21-13-9-10-23-16(11-13)14(12-20-23)18(24)27-4-2/h5-12H,3-4H2,1-2H3,(H2,21,22,25). The first-order chi connectivity index (χ1) is 13.1. The lowest BCUT2D eigenvalue weighted by Gasteiger charge is -2.12. The molecule has 0 bridgehead atoms. The van der Waals surface area contributed by atoms with Crippen LogP contribution in [0, 0.1) is 0 Å². The molecule has 0 saturated heterocycles. The molecular formula is C19H20N4O4. The number of ether oxygens (including phenoxy) is 2. The quantitative estimate of drug-likeness (QED) is 0.649. The van der Waals surface area contributed by atoms with Gasteiger partial charge in [-0.25, -0.2) is 14.1 Å². The van der Waals surface area contributed by atoms with Crippen LogP contribution in [0.5, 0.6) is 5.75 Å². The van der Waals surface area contributed by atoms with Gasteiger partial charge in [-0.2, -0.15) is 5.10 Å². The minimum Gasteiger partial charge on any atom is -0.492 e. The van der Waals surface area contributed by atoms with Gasteiger partial charge in [0.1, 0.15) is 11.3 Å². The van der Waals surface area contributed by atoms with Crippen LogP contribution in [0.3, 0.4) is 0 Å². The fourth-order valence-electron chi connectivity index (χ4n) is 2.56. The second kappa shape index (κ2) is 8.22. The molecule has 2 heterocycles. The van der Waals surface area contributed by atoms with E-state index in [1.807, 2.05) is 19.1 Å². The summed E-state index contributed by atoms with van der Waals surface area (Å²) in [5.41, 5.74) is 1.96. The van der Waals surface area contributed by atoms with Crippen LogP contribution in [0.2, 0.25) is 0 Å². The number of carbonyl (C=O) groups excluding carboxylic acids is 2. The van der Waals surface area contributed by atoms with Crippen molar-refractivity contribution in [2.75, 3.05) is 23.8 Å². The summed E-state index contributed by atoms with van der Waals surface area (Å²) in [7, 11) is 0.